The van der Waals surface area contributed by atoms with E-state index in [4.69, 9.17) is 21.3 Å². The lowest BCUT2D eigenvalue weighted by Gasteiger charge is -2.12. The van der Waals surface area contributed by atoms with E-state index in [1.807, 2.05) is 43.3 Å². The molecule has 142 valence electrons. The van der Waals surface area contributed by atoms with Gasteiger partial charge in [-0.1, -0.05) is 29.8 Å². The van der Waals surface area contributed by atoms with Crippen LogP contribution in [-0.2, 0) is 6.54 Å². The number of hydrogen-bond acceptors (Lipinski definition) is 3. The maximum absolute atomic E-state index is 5.99. The van der Waals surface area contributed by atoms with Crippen LogP contribution in [0.5, 0.6) is 5.75 Å². The summed E-state index contributed by atoms with van der Waals surface area (Å²) in [6.07, 6.45) is 0. The SMILES string of the molecule is CCOc1ccc(-n2c(NCc3ccc(Cl)cc3)nc3cc(C)ccc32)cc1. The Kier molecular flexibility index (Phi) is 5.22. The molecule has 0 bridgehead atoms. The quantitative estimate of drug-likeness (QED) is 0.438. The molecule has 0 aliphatic rings. The molecule has 0 unspecified atom stereocenters. The fraction of sp³-hybridized carbons (Fsp3) is 0.174. The molecule has 0 spiro atoms. The van der Waals surface area contributed by atoms with Crippen LogP contribution < -0.4 is 10.1 Å². The fourth-order valence-electron chi connectivity index (χ4n) is 3.21. The molecule has 0 atom stereocenters. The first-order chi connectivity index (χ1) is 13.6. The highest BCUT2D eigenvalue weighted by Gasteiger charge is 2.13. The summed E-state index contributed by atoms with van der Waals surface area (Å²) in [7, 11) is 0. The van der Waals surface area contributed by atoms with Crippen LogP contribution in [0, 0.1) is 6.92 Å². The van der Waals surface area contributed by atoms with Crippen LogP contribution in [0.4, 0.5) is 5.95 Å². The van der Waals surface area contributed by atoms with E-state index in [1.165, 1.54) is 5.56 Å². The van der Waals surface area contributed by atoms with Crippen LogP contribution in [0.25, 0.3) is 16.7 Å². The average Bonchev–Trinajstić information content (AvgIpc) is 3.06. The third-order valence-corrected chi connectivity index (χ3v) is 4.83. The largest absolute Gasteiger partial charge is 0.494 e. The molecular weight excluding hydrogens is 370 g/mol. The summed E-state index contributed by atoms with van der Waals surface area (Å²) in [5, 5.41) is 4.21. The molecule has 0 fully saturated rings. The topological polar surface area (TPSA) is 39.1 Å². The average molecular weight is 392 g/mol. The zero-order chi connectivity index (χ0) is 19.5. The van der Waals surface area contributed by atoms with Gasteiger partial charge in [0.1, 0.15) is 5.75 Å². The predicted molar refractivity (Wildman–Crippen MR) is 116 cm³/mol. The highest BCUT2D eigenvalue weighted by atomic mass is 35.5. The summed E-state index contributed by atoms with van der Waals surface area (Å²) in [6.45, 7) is 5.38. The number of nitrogens with zero attached hydrogens (tertiary/aromatic N) is 2. The van der Waals surface area contributed by atoms with Crippen molar-refractivity contribution >= 4 is 28.6 Å². The molecule has 0 saturated heterocycles. The van der Waals surface area contributed by atoms with Gasteiger partial charge in [0.15, 0.2) is 0 Å². The molecule has 0 saturated carbocycles. The predicted octanol–water partition coefficient (Wildman–Crippen LogP) is 6.00. The minimum absolute atomic E-state index is 0.653. The maximum atomic E-state index is 5.99. The number of aryl methyl sites for hydroxylation is 1. The molecule has 0 radical (unpaired) electrons. The number of aromatic nitrogens is 2. The zero-order valence-electron chi connectivity index (χ0n) is 15.9. The lowest BCUT2D eigenvalue weighted by Crippen LogP contribution is -2.06. The number of rotatable bonds is 6. The van der Waals surface area contributed by atoms with Crippen molar-refractivity contribution in [2.45, 2.75) is 20.4 Å². The third kappa shape index (κ3) is 3.82. The van der Waals surface area contributed by atoms with Gasteiger partial charge in [0.2, 0.25) is 5.95 Å². The fourth-order valence-corrected chi connectivity index (χ4v) is 3.34. The summed E-state index contributed by atoms with van der Waals surface area (Å²) in [6, 6.07) is 22.2. The van der Waals surface area contributed by atoms with E-state index < -0.39 is 0 Å². The van der Waals surface area contributed by atoms with Crippen LogP contribution in [0.15, 0.2) is 66.7 Å². The van der Waals surface area contributed by atoms with Crippen molar-refractivity contribution in [3.8, 4) is 11.4 Å². The Labute approximate surface area is 169 Å². The van der Waals surface area contributed by atoms with Gasteiger partial charge >= 0.3 is 0 Å². The molecule has 4 nitrogen and oxygen atoms in total. The van der Waals surface area contributed by atoms with Gasteiger partial charge in [-0.05, 0) is 73.5 Å². The lowest BCUT2D eigenvalue weighted by atomic mass is 10.2. The highest BCUT2D eigenvalue weighted by Crippen LogP contribution is 2.27. The number of hydrogen-bond donors (Lipinski definition) is 1. The standard InChI is InChI=1S/C23H22ClN3O/c1-3-28-20-11-9-19(10-12-20)27-22-13-4-16(2)14-21(22)26-23(27)25-15-17-5-7-18(24)8-6-17/h4-14H,3,15H2,1-2H3,(H,25,26). The van der Waals surface area contributed by atoms with E-state index in [-0.39, 0.29) is 0 Å². The van der Waals surface area contributed by atoms with E-state index in [0.29, 0.717) is 13.2 Å². The van der Waals surface area contributed by atoms with Crippen LogP contribution in [-0.4, -0.2) is 16.2 Å². The van der Waals surface area contributed by atoms with Crippen molar-refractivity contribution in [3.63, 3.8) is 0 Å². The first-order valence-electron chi connectivity index (χ1n) is 9.34. The molecule has 0 aliphatic heterocycles. The Bertz CT molecular complexity index is 1090. The van der Waals surface area contributed by atoms with Crippen molar-refractivity contribution in [2.75, 3.05) is 11.9 Å². The van der Waals surface area contributed by atoms with Gasteiger partial charge < -0.3 is 10.1 Å². The third-order valence-electron chi connectivity index (χ3n) is 4.58. The Morgan fingerprint density at radius 1 is 1.00 bits per heavy atom. The van der Waals surface area contributed by atoms with Crippen LogP contribution in [0.1, 0.15) is 18.1 Å². The summed E-state index contributed by atoms with van der Waals surface area (Å²) >= 11 is 5.99. The summed E-state index contributed by atoms with van der Waals surface area (Å²) in [5.74, 6) is 1.67. The van der Waals surface area contributed by atoms with Crippen molar-refractivity contribution in [1.29, 1.82) is 0 Å². The van der Waals surface area contributed by atoms with Crippen LogP contribution in [0.3, 0.4) is 0 Å². The van der Waals surface area contributed by atoms with E-state index >= 15 is 0 Å². The van der Waals surface area contributed by atoms with E-state index in [9.17, 15) is 0 Å². The molecule has 1 aromatic heterocycles. The van der Waals surface area contributed by atoms with Gasteiger partial charge in [0.25, 0.3) is 0 Å². The zero-order valence-corrected chi connectivity index (χ0v) is 16.7. The number of imidazole rings is 1. The summed E-state index contributed by atoms with van der Waals surface area (Å²) < 4.78 is 7.71. The molecule has 0 aliphatic carbocycles. The van der Waals surface area contributed by atoms with E-state index in [1.54, 1.807) is 0 Å². The van der Waals surface area contributed by atoms with Gasteiger partial charge in [-0.15, -0.1) is 0 Å². The molecule has 4 aromatic rings. The Hall–Kier alpha value is -2.98. The van der Waals surface area contributed by atoms with Gasteiger partial charge in [-0.25, -0.2) is 4.98 Å². The highest BCUT2D eigenvalue weighted by molar-refractivity contribution is 6.30. The molecular formula is C23H22ClN3O. The van der Waals surface area contributed by atoms with Crippen LogP contribution >= 0.6 is 11.6 Å². The number of fused-ring (bicyclic) bond motifs is 1. The summed E-state index contributed by atoms with van der Waals surface area (Å²) in [5.41, 5.74) is 5.40. The second-order valence-corrected chi connectivity index (χ2v) is 7.11. The molecule has 1 N–H and O–H groups in total. The molecule has 1 heterocycles. The number of halogens is 1. The second-order valence-electron chi connectivity index (χ2n) is 6.67. The Balaban J connectivity index is 1.72. The first-order valence-corrected chi connectivity index (χ1v) is 9.72. The van der Waals surface area contributed by atoms with Gasteiger partial charge in [0.05, 0.1) is 17.6 Å². The molecule has 3 aromatic carbocycles. The van der Waals surface area contributed by atoms with E-state index in [2.05, 4.69) is 47.1 Å². The lowest BCUT2D eigenvalue weighted by molar-refractivity contribution is 0.340. The van der Waals surface area contributed by atoms with Gasteiger partial charge in [-0.2, -0.15) is 0 Å². The Morgan fingerprint density at radius 2 is 1.75 bits per heavy atom. The number of anilines is 1. The van der Waals surface area contributed by atoms with Crippen LogP contribution in [0.2, 0.25) is 5.02 Å². The first kappa shape index (κ1) is 18.4. The van der Waals surface area contributed by atoms with Crippen molar-refractivity contribution < 1.29 is 4.74 Å². The maximum Gasteiger partial charge on any atom is 0.208 e. The molecule has 5 heteroatoms. The Morgan fingerprint density at radius 3 is 2.46 bits per heavy atom. The normalized spacial score (nSPS) is 11.0. The van der Waals surface area contributed by atoms with Crippen molar-refractivity contribution in [1.82, 2.24) is 9.55 Å². The number of nitrogens with one attached hydrogen (secondary N) is 1. The minimum Gasteiger partial charge on any atom is -0.494 e. The van der Waals surface area contributed by atoms with Gasteiger partial charge in [0, 0.05) is 17.3 Å². The smallest absolute Gasteiger partial charge is 0.208 e. The van der Waals surface area contributed by atoms with Crippen molar-refractivity contribution in [2.24, 2.45) is 0 Å². The molecule has 4 rings (SSSR count). The summed E-state index contributed by atoms with van der Waals surface area (Å²) in [4.78, 5) is 4.84. The van der Waals surface area contributed by atoms with Crippen molar-refractivity contribution in [3.05, 3.63) is 82.9 Å². The molecule has 28 heavy (non-hydrogen) atoms. The van der Waals surface area contributed by atoms with Gasteiger partial charge in [-0.3, -0.25) is 4.57 Å². The minimum atomic E-state index is 0.653. The number of benzene rings is 3. The molecule has 0 amide bonds. The van der Waals surface area contributed by atoms with E-state index in [0.717, 1.165) is 39.0 Å². The number of ether oxygens (including phenoxy) is 1. The second kappa shape index (κ2) is 7.95. The monoisotopic (exact) mass is 391 g/mol.